The summed E-state index contributed by atoms with van der Waals surface area (Å²) in [6, 6.07) is 0. The molecule has 1 heterocycles. The molecule has 1 rings (SSSR count). The second-order valence-corrected chi connectivity index (χ2v) is 4.02. The highest BCUT2D eigenvalue weighted by atomic mass is 16.5. The third-order valence-electron chi connectivity index (χ3n) is 2.27. The van der Waals surface area contributed by atoms with Crippen LogP contribution in [0.1, 0.15) is 27.7 Å². The van der Waals surface area contributed by atoms with Gasteiger partial charge in [0.15, 0.2) is 0 Å². The molecule has 0 radical (unpaired) electrons. The highest BCUT2D eigenvalue weighted by molar-refractivity contribution is 5.40. The van der Waals surface area contributed by atoms with Crippen molar-refractivity contribution in [2.45, 2.75) is 27.7 Å². The minimum absolute atomic E-state index is 0.481. The Morgan fingerprint density at radius 3 is 2.15 bits per heavy atom. The molecule has 0 aliphatic carbocycles. The predicted molar refractivity (Wildman–Crippen MR) is 56.1 cm³/mol. The Morgan fingerprint density at radius 1 is 1.15 bits per heavy atom. The lowest BCUT2D eigenvalue weighted by Crippen LogP contribution is -2.09. The van der Waals surface area contributed by atoms with Gasteiger partial charge in [-0.05, 0) is 23.5 Å². The normalized spacial score (nSPS) is 17.2. The van der Waals surface area contributed by atoms with Crippen molar-refractivity contribution in [1.82, 2.24) is 0 Å². The first-order valence-corrected chi connectivity index (χ1v) is 4.80. The fourth-order valence-corrected chi connectivity index (χ4v) is 1.66. The second kappa shape index (κ2) is 3.82. The number of rotatable bonds is 2. The molecule has 0 saturated heterocycles. The predicted octanol–water partition coefficient (Wildman–Crippen LogP) is 3.65. The molecule has 0 aromatic rings. The molecular formula is C12H18O. The molecule has 1 aliphatic rings. The van der Waals surface area contributed by atoms with E-state index in [1.165, 1.54) is 11.1 Å². The molecule has 0 unspecified atom stereocenters. The van der Waals surface area contributed by atoms with Crippen molar-refractivity contribution in [3.05, 3.63) is 35.8 Å². The van der Waals surface area contributed by atoms with Crippen LogP contribution in [0.15, 0.2) is 35.8 Å². The SMILES string of the molecule is C=C1OC=CC(C(C)C)=C1C(C)C. The minimum atomic E-state index is 0.481. The first-order chi connectivity index (χ1) is 6.04. The number of hydrogen-bond acceptors (Lipinski definition) is 1. The van der Waals surface area contributed by atoms with Gasteiger partial charge in [-0.15, -0.1) is 0 Å². The van der Waals surface area contributed by atoms with Crippen LogP contribution >= 0.6 is 0 Å². The van der Waals surface area contributed by atoms with Crippen molar-refractivity contribution < 1.29 is 4.74 Å². The van der Waals surface area contributed by atoms with Gasteiger partial charge < -0.3 is 4.74 Å². The summed E-state index contributed by atoms with van der Waals surface area (Å²) < 4.78 is 5.30. The molecule has 1 heteroatoms. The molecule has 0 bridgehead atoms. The van der Waals surface area contributed by atoms with E-state index in [0.717, 1.165) is 5.76 Å². The average molecular weight is 178 g/mol. The first-order valence-electron chi connectivity index (χ1n) is 4.80. The maximum atomic E-state index is 5.30. The molecule has 0 spiro atoms. The van der Waals surface area contributed by atoms with Gasteiger partial charge in [0, 0.05) is 5.57 Å². The molecule has 0 saturated carbocycles. The molecule has 0 fully saturated rings. The van der Waals surface area contributed by atoms with E-state index in [1.54, 1.807) is 6.26 Å². The number of hydrogen-bond donors (Lipinski definition) is 0. The lowest BCUT2D eigenvalue weighted by Gasteiger charge is -2.23. The zero-order valence-electron chi connectivity index (χ0n) is 8.92. The van der Waals surface area contributed by atoms with Gasteiger partial charge >= 0.3 is 0 Å². The van der Waals surface area contributed by atoms with Crippen LogP contribution < -0.4 is 0 Å². The average Bonchev–Trinajstić information content (AvgIpc) is 2.02. The van der Waals surface area contributed by atoms with Crippen molar-refractivity contribution in [2.75, 3.05) is 0 Å². The Labute approximate surface area is 80.8 Å². The highest BCUT2D eigenvalue weighted by Gasteiger charge is 2.18. The third-order valence-corrected chi connectivity index (χ3v) is 2.27. The molecule has 72 valence electrons. The molecule has 0 aromatic carbocycles. The zero-order valence-corrected chi connectivity index (χ0v) is 8.92. The van der Waals surface area contributed by atoms with E-state index < -0.39 is 0 Å². The third kappa shape index (κ3) is 2.03. The van der Waals surface area contributed by atoms with E-state index in [-0.39, 0.29) is 0 Å². The van der Waals surface area contributed by atoms with E-state index in [1.807, 2.05) is 0 Å². The summed E-state index contributed by atoms with van der Waals surface area (Å²) in [5.41, 5.74) is 2.61. The molecule has 13 heavy (non-hydrogen) atoms. The van der Waals surface area contributed by atoms with E-state index in [0.29, 0.717) is 11.8 Å². The Balaban J connectivity index is 3.12. The summed E-state index contributed by atoms with van der Waals surface area (Å²) in [7, 11) is 0. The largest absolute Gasteiger partial charge is 0.465 e. The van der Waals surface area contributed by atoms with Crippen LogP contribution in [0.4, 0.5) is 0 Å². The molecule has 0 N–H and O–H groups in total. The summed E-state index contributed by atoms with van der Waals surface area (Å²) in [5.74, 6) is 1.82. The zero-order chi connectivity index (χ0) is 10.0. The summed E-state index contributed by atoms with van der Waals surface area (Å²) in [6.07, 6.45) is 3.78. The maximum absolute atomic E-state index is 5.30. The van der Waals surface area contributed by atoms with Gasteiger partial charge in [0.2, 0.25) is 0 Å². The van der Waals surface area contributed by atoms with Gasteiger partial charge in [-0.3, -0.25) is 0 Å². The summed E-state index contributed by atoms with van der Waals surface area (Å²) in [5, 5.41) is 0. The highest BCUT2D eigenvalue weighted by Crippen LogP contribution is 2.31. The van der Waals surface area contributed by atoms with Crippen molar-refractivity contribution in [3.8, 4) is 0 Å². The van der Waals surface area contributed by atoms with Gasteiger partial charge in [0.05, 0.1) is 6.26 Å². The fourth-order valence-electron chi connectivity index (χ4n) is 1.66. The monoisotopic (exact) mass is 178 g/mol. The Bertz CT molecular complexity index is 267. The van der Waals surface area contributed by atoms with Crippen LogP contribution in [-0.2, 0) is 4.74 Å². The maximum Gasteiger partial charge on any atom is 0.123 e. The van der Waals surface area contributed by atoms with Crippen LogP contribution in [0.25, 0.3) is 0 Å². The van der Waals surface area contributed by atoms with Crippen LogP contribution in [0.2, 0.25) is 0 Å². The smallest absolute Gasteiger partial charge is 0.123 e. The van der Waals surface area contributed by atoms with Gasteiger partial charge in [-0.25, -0.2) is 0 Å². The van der Waals surface area contributed by atoms with Gasteiger partial charge in [0.1, 0.15) is 5.76 Å². The molecule has 1 aliphatic heterocycles. The quantitative estimate of drug-likeness (QED) is 0.627. The first kappa shape index (κ1) is 10.1. The molecule has 0 amide bonds. The summed E-state index contributed by atoms with van der Waals surface area (Å²) in [6.45, 7) is 12.7. The molecule has 1 nitrogen and oxygen atoms in total. The van der Waals surface area contributed by atoms with Gasteiger partial charge in [-0.1, -0.05) is 34.3 Å². The molecule has 0 atom stereocenters. The van der Waals surface area contributed by atoms with Crippen molar-refractivity contribution in [2.24, 2.45) is 11.8 Å². The second-order valence-electron chi connectivity index (χ2n) is 4.02. The molecular weight excluding hydrogens is 160 g/mol. The summed E-state index contributed by atoms with van der Waals surface area (Å²) >= 11 is 0. The number of allylic oxidation sites excluding steroid dienone is 3. The van der Waals surface area contributed by atoms with Crippen molar-refractivity contribution in [1.29, 1.82) is 0 Å². The lowest BCUT2D eigenvalue weighted by atomic mass is 9.88. The van der Waals surface area contributed by atoms with Crippen LogP contribution in [-0.4, -0.2) is 0 Å². The Morgan fingerprint density at radius 2 is 1.77 bits per heavy atom. The van der Waals surface area contributed by atoms with Crippen LogP contribution in [0.3, 0.4) is 0 Å². The van der Waals surface area contributed by atoms with E-state index >= 15 is 0 Å². The lowest BCUT2D eigenvalue weighted by molar-refractivity contribution is 0.344. The van der Waals surface area contributed by atoms with E-state index in [2.05, 4.69) is 40.3 Å². The fraction of sp³-hybridized carbons (Fsp3) is 0.500. The Kier molecular flexibility index (Phi) is 2.97. The van der Waals surface area contributed by atoms with E-state index in [4.69, 9.17) is 4.74 Å². The minimum Gasteiger partial charge on any atom is -0.465 e. The number of ether oxygens (including phenoxy) is 1. The van der Waals surface area contributed by atoms with Crippen LogP contribution in [0.5, 0.6) is 0 Å². The van der Waals surface area contributed by atoms with Crippen molar-refractivity contribution in [3.63, 3.8) is 0 Å². The van der Waals surface area contributed by atoms with Gasteiger partial charge in [-0.2, -0.15) is 0 Å². The van der Waals surface area contributed by atoms with E-state index in [9.17, 15) is 0 Å². The Hall–Kier alpha value is -0.980. The van der Waals surface area contributed by atoms with Gasteiger partial charge in [0.25, 0.3) is 0 Å². The summed E-state index contributed by atoms with van der Waals surface area (Å²) in [4.78, 5) is 0. The van der Waals surface area contributed by atoms with Crippen LogP contribution in [0, 0.1) is 11.8 Å². The van der Waals surface area contributed by atoms with Crippen molar-refractivity contribution >= 4 is 0 Å². The molecule has 0 aromatic heterocycles. The topological polar surface area (TPSA) is 9.23 Å². The standard InChI is InChI=1S/C12H18O/c1-8(2)11-6-7-13-10(5)12(11)9(3)4/h6-9H,5H2,1-4H3.